The molecular weight excluding hydrogens is 195 g/mol. The first-order valence-corrected chi connectivity index (χ1v) is 4.58. The molecule has 2 aliphatic heterocycles. The number of likely N-dealkylation sites (N-methyl/N-ethyl adjacent to an activating group) is 1. The predicted molar refractivity (Wildman–Crippen MR) is 44.1 cm³/mol. The Morgan fingerprint density at radius 2 is 2.14 bits per heavy atom. The molecule has 0 aromatic heterocycles. The van der Waals surface area contributed by atoms with E-state index in [1.165, 1.54) is 0 Å². The second-order valence-corrected chi connectivity index (χ2v) is 4.11. The molecule has 0 aromatic carbocycles. The van der Waals surface area contributed by atoms with E-state index in [0.717, 1.165) is 0 Å². The number of likely N-dealkylation sites (tertiary alicyclic amines) is 1. The minimum Gasteiger partial charge on any atom is -0.304 e. The van der Waals surface area contributed by atoms with Gasteiger partial charge in [0.15, 0.2) is 0 Å². The van der Waals surface area contributed by atoms with E-state index in [1.54, 1.807) is 0 Å². The van der Waals surface area contributed by atoms with Crippen molar-refractivity contribution in [3.05, 3.63) is 0 Å². The van der Waals surface area contributed by atoms with E-state index in [0.29, 0.717) is 19.5 Å². The molecule has 2 heterocycles. The standard InChI is InChI=1S/C8H12F3N3/c1-14-3-2-7(5-14)6(4-12-13-7)8(9,10)11/h6H,2-5H2,1H3. The SMILES string of the molecule is CN1CCC2(C1)N=NCC2C(F)(F)F. The van der Waals surface area contributed by atoms with Crippen LogP contribution in [0, 0.1) is 5.92 Å². The zero-order chi connectivity index (χ0) is 10.4. The molecule has 0 N–H and O–H groups in total. The molecule has 0 aromatic rings. The lowest BCUT2D eigenvalue weighted by Gasteiger charge is -2.28. The van der Waals surface area contributed by atoms with Gasteiger partial charge in [0.25, 0.3) is 0 Å². The van der Waals surface area contributed by atoms with Gasteiger partial charge in [0.05, 0.1) is 6.54 Å². The summed E-state index contributed by atoms with van der Waals surface area (Å²) in [4.78, 5) is 1.88. The highest BCUT2D eigenvalue weighted by Gasteiger charge is 2.58. The molecule has 0 amide bonds. The minimum atomic E-state index is -4.17. The summed E-state index contributed by atoms with van der Waals surface area (Å²) in [7, 11) is 1.82. The maximum absolute atomic E-state index is 12.6. The summed E-state index contributed by atoms with van der Waals surface area (Å²) < 4.78 is 37.9. The van der Waals surface area contributed by atoms with Crippen LogP contribution < -0.4 is 0 Å². The molecule has 2 rings (SSSR count). The van der Waals surface area contributed by atoms with Crippen LogP contribution in [0.5, 0.6) is 0 Å². The molecule has 1 fully saturated rings. The van der Waals surface area contributed by atoms with E-state index in [-0.39, 0.29) is 6.54 Å². The summed E-state index contributed by atoms with van der Waals surface area (Å²) in [5.41, 5.74) is -0.979. The number of halogens is 3. The van der Waals surface area contributed by atoms with Gasteiger partial charge in [-0.05, 0) is 13.5 Å². The average molecular weight is 207 g/mol. The summed E-state index contributed by atoms with van der Waals surface area (Å²) in [5, 5.41) is 7.41. The van der Waals surface area contributed by atoms with Crippen LogP contribution >= 0.6 is 0 Å². The van der Waals surface area contributed by atoms with E-state index >= 15 is 0 Å². The van der Waals surface area contributed by atoms with E-state index in [4.69, 9.17) is 0 Å². The van der Waals surface area contributed by atoms with Crippen LogP contribution in [0.2, 0.25) is 0 Å². The Bertz CT molecular complexity index is 263. The minimum absolute atomic E-state index is 0.197. The van der Waals surface area contributed by atoms with Gasteiger partial charge in [0.2, 0.25) is 0 Å². The Hall–Kier alpha value is -0.650. The molecule has 2 aliphatic rings. The lowest BCUT2D eigenvalue weighted by atomic mass is 9.84. The lowest BCUT2D eigenvalue weighted by molar-refractivity contribution is -0.183. The molecule has 2 atom stereocenters. The monoisotopic (exact) mass is 207 g/mol. The molecule has 0 radical (unpaired) electrons. The van der Waals surface area contributed by atoms with Crippen LogP contribution in [0.1, 0.15) is 6.42 Å². The molecule has 2 unspecified atom stereocenters. The molecule has 80 valence electrons. The molecule has 1 saturated heterocycles. The smallest absolute Gasteiger partial charge is 0.304 e. The van der Waals surface area contributed by atoms with Crippen LogP contribution in [-0.2, 0) is 0 Å². The van der Waals surface area contributed by atoms with Crippen molar-refractivity contribution >= 4 is 0 Å². The van der Waals surface area contributed by atoms with Crippen molar-refractivity contribution in [1.82, 2.24) is 4.90 Å². The van der Waals surface area contributed by atoms with Crippen molar-refractivity contribution in [2.24, 2.45) is 16.1 Å². The topological polar surface area (TPSA) is 28.0 Å². The van der Waals surface area contributed by atoms with Crippen molar-refractivity contribution in [3.63, 3.8) is 0 Å². The number of alkyl halides is 3. The molecule has 0 saturated carbocycles. The fraction of sp³-hybridized carbons (Fsp3) is 1.00. The Morgan fingerprint density at radius 1 is 1.43 bits per heavy atom. The predicted octanol–water partition coefficient (Wildman–Crippen LogP) is 1.70. The molecule has 3 nitrogen and oxygen atoms in total. The third kappa shape index (κ3) is 1.41. The fourth-order valence-electron chi connectivity index (χ4n) is 2.29. The maximum Gasteiger partial charge on any atom is 0.396 e. The second kappa shape index (κ2) is 2.92. The zero-order valence-corrected chi connectivity index (χ0v) is 7.88. The van der Waals surface area contributed by atoms with Gasteiger partial charge in [-0.25, -0.2) is 0 Å². The molecule has 14 heavy (non-hydrogen) atoms. The van der Waals surface area contributed by atoms with Gasteiger partial charge >= 0.3 is 6.18 Å². The van der Waals surface area contributed by atoms with E-state index in [2.05, 4.69) is 10.2 Å². The molecule has 0 bridgehead atoms. The van der Waals surface area contributed by atoms with E-state index in [9.17, 15) is 13.2 Å². The Kier molecular flexibility index (Phi) is 2.06. The largest absolute Gasteiger partial charge is 0.396 e. The Labute approximate surface area is 80.0 Å². The molecule has 0 aliphatic carbocycles. The van der Waals surface area contributed by atoms with Gasteiger partial charge in [0, 0.05) is 13.1 Å². The van der Waals surface area contributed by atoms with E-state index < -0.39 is 17.6 Å². The number of rotatable bonds is 0. The van der Waals surface area contributed by atoms with Crippen molar-refractivity contribution in [2.45, 2.75) is 18.1 Å². The molecule has 6 heteroatoms. The van der Waals surface area contributed by atoms with Crippen LogP contribution in [0.4, 0.5) is 13.2 Å². The Morgan fingerprint density at radius 3 is 2.64 bits per heavy atom. The quantitative estimate of drug-likeness (QED) is 0.594. The summed E-state index contributed by atoms with van der Waals surface area (Å²) in [5.74, 6) is -1.38. The second-order valence-electron chi connectivity index (χ2n) is 4.11. The van der Waals surface area contributed by atoms with Crippen LogP contribution in [0.25, 0.3) is 0 Å². The number of hydrogen-bond donors (Lipinski definition) is 0. The van der Waals surface area contributed by atoms with Gasteiger partial charge in [-0.3, -0.25) is 0 Å². The van der Waals surface area contributed by atoms with Crippen molar-refractivity contribution in [1.29, 1.82) is 0 Å². The normalized spacial score (nSPS) is 38.7. The number of nitrogens with zero attached hydrogens (tertiary/aromatic N) is 3. The highest BCUT2D eigenvalue weighted by atomic mass is 19.4. The number of hydrogen-bond acceptors (Lipinski definition) is 3. The maximum atomic E-state index is 12.6. The van der Waals surface area contributed by atoms with Crippen molar-refractivity contribution in [2.75, 3.05) is 26.7 Å². The first-order valence-electron chi connectivity index (χ1n) is 4.58. The van der Waals surface area contributed by atoms with E-state index in [1.807, 2.05) is 11.9 Å². The average Bonchev–Trinajstić information content (AvgIpc) is 2.59. The third-order valence-corrected chi connectivity index (χ3v) is 3.05. The first-order chi connectivity index (χ1) is 6.44. The van der Waals surface area contributed by atoms with Crippen LogP contribution in [0.15, 0.2) is 10.2 Å². The number of azo groups is 1. The van der Waals surface area contributed by atoms with Crippen molar-refractivity contribution in [3.8, 4) is 0 Å². The fourth-order valence-corrected chi connectivity index (χ4v) is 2.29. The summed E-state index contributed by atoms with van der Waals surface area (Å²) in [6.45, 7) is 0.851. The molecular formula is C8H12F3N3. The van der Waals surface area contributed by atoms with Gasteiger partial charge in [0.1, 0.15) is 11.5 Å². The van der Waals surface area contributed by atoms with Gasteiger partial charge in [-0.2, -0.15) is 23.4 Å². The highest BCUT2D eigenvalue weighted by molar-refractivity contribution is 5.06. The zero-order valence-electron chi connectivity index (χ0n) is 7.88. The lowest BCUT2D eigenvalue weighted by Crippen LogP contribution is -2.44. The summed E-state index contributed by atoms with van der Waals surface area (Å²) in [6.07, 6.45) is -3.70. The highest BCUT2D eigenvalue weighted by Crippen LogP contribution is 2.45. The van der Waals surface area contributed by atoms with Crippen molar-refractivity contribution < 1.29 is 13.2 Å². The summed E-state index contributed by atoms with van der Waals surface area (Å²) in [6, 6.07) is 0. The van der Waals surface area contributed by atoms with Crippen LogP contribution in [0.3, 0.4) is 0 Å². The third-order valence-electron chi connectivity index (χ3n) is 3.05. The van der Waals surface area contributed by atoms with Crippen LogP contribution in [-0.4, -0.2) is 43.3 Å². The molecule has 1 spiro atoms. The van der Waals surface area contributed by atoms with Gasteiger partial charge in [-0.15, -0.1) is 0 Å². The van der Waals surface area contributed by atoms with Gasteiger partial charge in [-0.1, -0.05) is 0 Å². The van der Waals surface area contributed by atoms with Gasteiger partial charge < -0.3 is 4.90 Å². The summed E-state index contributed by atoms with van der Waals surface area (Å²) >= 11 is 0. The Balaban J connectivity index is 2.22. The first kappa shape index (κ1) is 9.89.